The van der Waals surface area contributed by atoms with Gasteiger partial charge in [0.05, 0.1) is 38.3 Å². The fourth-order valence-corrected chi connectivity index (χ4v) is 4.62. The number of nitrogens with one attached hydrogen (secondary N) is 2. The fraction of sp³-hybridized carbons (Fsp3) is 0.208. The van der Waals surface area contributed by atoms with Gasteiger partial charge in [0.15, 0.2) is 11.5 Å². The number of ether oxygens (including phenoxy) is 3. The van der Waals surface area contributed by atoms with Crippen LogP contribution >= 0.6 is 0 Å². The zero-order valence-corrected chi connectivity index (χ0v) is 19.7. The van der Waals surface area contributed by atoms with Gasteiger partial charge in [-0.05, 0) is 54.4 Å². The second kappa shape index (κ2) is 10.3. The number of benzene rings is 3. The van der Waals surface area contributed by atoms with Crippen LogP contribution in [0.15, 0.2) is 65.6 Å². The lowest BCUT2D eigenvalue weighted by molar-refractivity contribution is -0.115. The Morgan fingerprint density at radius 1 is 0.848 bits per heavy atom. The van der Waals surface area contributed by atoms with E-state index in [9.17, 15) is 13.2 Å². The molecule has 0 spiro atoms. The second-order valence-corrected chi connectivity index (χ2v) is 8.85. The molecule has 1 amide bonds. The lowest BCUT2D eigenvalue weighted by atomic mass is 10.1. The highest BCUT2D eigenvalue weighted by atomic mass is 32.2. The number of anilines is 2. The summed E-state index contributed by atoms with van der Waals surface area (Å²) < 4.78 is 44.3. The molecule has 0 aliphatic rings. The first-order valence-corrected chi connectivity index (χ1v) is 11.5. The topological polar surface area (TPSA) is 103 Å². The smallest absolute Gasteiger partial charge is 0.262 e. The van der Waals surface area contributed by atoms with Crippen LogP contribution in [0.5, 0.6) is 17.2 Å². The number of carbonyl (C=O) groups is 1. The number of amides is 1. The van der Waals surface area contributed by atoms with E-state index < -0.39 is 10.0 Å². The first-order valence-electron chi connectivity index (χ1n) is 10.0. The van der Waals surface area contributed by atoms with E-state index in [2.05, 4.69) is 10.0 Å². The van der Waals surface area contributed by atoms with Crippen molar-refractivity contribution in [3.63, 3.8) is 0 Å². The number of aryl methyl sites for hydroxylation is 1. The molecular weight excluding hydrogens is 444 g/mol. The fourth-order valence-electron chi connectivity index (χ4n) is 3.28. The first-order chi connectivity index (χ1) is 15.8. The van der Waals surface area contributed by atoms with Crippen LogP contribution in [0.1, 0.15) is 11.1 Å². The number of para-hydroxylation sites is 2. The summed E-state index contributed by atoms with van der Waals surface area (Å²) in [6.07, 6.45) is 0.0791. The highest BCUT2D eigenvalue weighted by Gasteiger charge is 2.20. The van der Waals surface area contributed by atoms with Crippen molar-refractivity contribution in [3.05, 3.63) is 71.8 Å². The van der Waals surface area contributed by atoms with Crippen molar-refractivity contribution in [1.29, 1.82) is 0 Å². The maximum Gasteiger partial charge on any atom is 0.262 e. The van der Waals surface area contributed by atoms with E-state index in [0.29, 0.717) is 34.2 Å². The van der Waals surface area contributed by atoms with Gasteiger partial charge in [0, 0.05) is 5.69 Å². The van der Waals surface area contributed by atoms with Gasteiger partial charge in [0.25, 0.3) is 10.0 Å². The Morgan fingerprint density at radius 3 is 2.24 bits per heavy atom. The molecule has 9 heteroatoms. The van der Waals surface area contributed by atoms with Gasteiger partial charge in [-0.2, -0.15) is 0 Å². The van der Waals surface area contributed by atoms with Gasteiger partial charge in [0.2, 0.25) is 5.91 Å². The van der Waals surface area contributed by atoms with Crippen molar-refractivity contribution < 1.29 is 27.4 Å². The molecule has 0 heterocycles. The number of hydrogen-bond acceptors (Lipinski definition) is 6. The minimum absolute atomic E-state index is 0.0531. The van der Waals surface area contributed by atoms with E-state index >= 15 is 0 Å². The predicted molar refractivity (Wildman–Crippen MR) is 127 cm³/mol. The molecular formula is C24H26N2O6S. The molecule has 33 heavy (non-hydrogen) atoms. The molecule has 0 radical (unpaired) electrons. The number of carbonyl (C=O) groups excluding carboxylic acids is 1. The summed E-state index contributed by atoms with van der Waals surface area (Å²) in [5, 5.41) is 2.75. The molecule has 0 saturated heterocycles. The normalized spacial score (nSPS) is 10.9. The summed E-state index contributed by atoms with van der Waals surface area (Å²) in [5.74, 6) is 1.19. The van der Waals surface area contributed by atoms with Gasteiger partial charge in [-0.3, -0.25) is 9.52 Å². The second-order valence-electron chi connectivity index (χ2n) is 7.20. The summed E-state index contributed by atoms with van der Waals surface area (Å²) in [6.45, 7) is 1.69. The number of hydrogen-bond donors (Lipinski definition) is 2. The predicted octanol–water partition coefficient (Wildman–Crippen LogP) is 4.00. The summed E-state index contributed by atoms with van der Waals surface area (Å²) >= 11 is 0. The summed E-state index contributed by atoms with van der Waals surface area (Å²) in [4.78, 5) is 12.6. The van der Waals surface area contributed by atoms with E-state index in [1.165, 1.54) is 27.4 Å². The van der Waals surface area contributed by atoms with Crippen molar-refractivity contribution in [2.75, 3.05) is 31.4 Å². The monoisotopic (exact) mass is 470 g/mol. The van der Waals surface area contributed by atoms with Crippen molar-refractivity contribution in [3.8, 4) is 17.2 Å². The highest BCUT2D eigenvalue weighted by Crippen LogP contribution is 2.29. The van der Waals surface area contributed by atoms with E-state index in [1.807, 2.05) is 0 Å². The van der Waals surface area contributed by atoms with Gasteiger partial charge in [0.1, 0.15) is 5.75 Å². The minimum Gasteiger partial charge on any atom is -0.495 e. The van der Waals surface area contributed by atoms with Gasteiger partial charge in [-0.25, -0.2) is 8.42 Å². The zero-order chi connectivity index (χ0) is 24.0. The highest BCUT2D eigenvalue weighted by molar-refractivity contribution is 7.92. The molecule has 3 rings (SSSR count). The quantitative estimate of drug-likeness (QED) is 0.490. The van der Waals surface area contributed by atoms with Crippen LogP contribution in [0.25, 0.3) is 0 Å². The Hall–Kier alpha value is -3.72. The molecule has 0 unspecified atom stereocenters. The lowest BCUT2D eigenvalue weighted by Crippen LogP contribution is -2.17. The maximum absolute atomic E-state index is 13.0. The Labute approximate surface area is 193 Å². The SMILES string of the molecule is COc1ccccc1NS(=O)(=O)c1cc(NC(=O)Cc2ccc(OC)c(OC)c2)ccc1C. The third kappa shape index (κ3) is 5.75. The number of rotatable bonds is 9. The average molecular weight is 471 g/mol. The summed E-state index contributed by atoms with van der Waals surface area (Å²) in [6, 6.07) is 16.7. The third-order valence-corrected chi connectivity index (χ3v) is 6.43. The molecule has 0 fully saturated rings. The van der Waals surface area contributed by atoms with E-state index in [0.717, 1.165) is 5.56 Å². The molecule has 174 valence electrons. The molecule has 0 aromatic heterocycles. The lowest BCUT2D eigenvalue weighted by Gasteiger charge is -2.14. The Morgan fingerprint density at radius 2 is 1.55 bits per heavy atom. The molecule has 3 aromatic rings. The summed E-state index contributed by atoms with van der Waals surface area (Å²) in [7, 11) is 0.604. The first kappa shape index (κ1) is 23.9. The van der Waals surface area contributed by atoms with Crippen LogP contribution < -0.4 is 24.2 Å². The van der Waals surface area contributed by atoms with Crippen molar-refractivity contribution in [2.24, 2.45) is 0 Å². The molecule has 0 atom stereocenters. The van der Waals surface area contributed by atoms with Crippen molar-refractivity contribution >= 4 is 27.3 Å². The Kier molecular flexibility index (Phi) is 7.44. The van der Waals surface area contributed by atoms with Crippen LogP contribution in [-0.4, -0.2) is 35.7 Å². The standard InChI is InChI=1S/C24H26N2O6S/c1-16-9-11-18(25-24(27)14-17-10-12-21(31-3)22(13-17)32-4)15-23(16)33(28,29)26-19-7-5-6-8-20(19)30-2/h5-13,15,26H,14H2,1-4H3,(H,25,27). The Balaban J connectivity index is 1.79. The average Bonchev–Trinajstić information content (AvgIpc) is 2.80. The zero-order valence-electron chi connectivity index (χ0n) is 18.8. The van der Waals surface area contributed by atoms with Crippen LogP contribution in [0, 0.1) is 6.92 Å². The third-order valence-electron chi connectivity index (χ3n) is 4.93. The number of methoxy groups -OCH3 is 3. The number of sulfonamides is 1. The Bertz CT molecular complexity index is 1260. The van der Waals surface area contributed by atoms with Crippen LogP contribution in [0.3, 0.4) is 0 Å². The van der Waals surface area contributed by atoms with Gasteiger partial charge >= 0.3 is 0 Å². The maximum atomic E-state index is 13.0. The van der Waals surface area contributed by atoms with E-state index in [4.69, 9.17) is 14.2 Å². The van der Waals surface area contributed by atoms with Crippen LogP contribution in [0.4, 0.5) is 11.4 Å². The van der Waals surface area contributed by atoms with Crippen LogP contribution in [0.2, 0.25) is 0 Å². The van der Waals surface area contributed by atoms with Gasteiger partial charge in [-0.15, -0.1) is 0 Å². The van der Waals surface area contributed by atoms with Crippen molar-refractivity contribution in [1.82, 2.24) is 0 Å². The molecule has 0 bridgehead atoms. The molecule has 0 saturated carbocycles. The van der Waals surface area contributed by atoms with Crippen LogP contribution in [-0.2, 0) is 21.2 Å². The summed E-state index contributed by atoms with van der Waals surface area (Å²) in [5.41, 5.74) is 1.95. The molecule has 0 aliphatic heterocycles. The van der Waals surface area contributed by atoms with E-state index in [1.54, 1.807) is 61.5 Å². The molecule has 3 aromatic carbocycles. The molecule has 0 aliphatic carbocycles. The van der Waals surface area contributed by atoms with Gasteiger partial charge < -0.3 is 19.5 Å². The largest absolute Gasteiger partial charge is 0.495 e. The molecule has 2 N–H and O–H groups in total. The van der Waals surface area contributed by atoms with Crippen molar-refractivity contribution in [2.45, 2.75) is 18.2 Å². The van der Waals surface area contributed by atoms with E-state index in [-0.39, 0.29) is 17.2 Å². The molecule has 8 nitrogen and oxygen atoms in total. The van der Waals surface area contributed by atoms with Gasteiger partial charge in [-0.1, -0.05) is 24.3 Å². The minimum atomic E-state index is -3.92.